The normalized spacial score (nSPS) is 17.4. The number of hydrogen-bond donors (Lipinski definition) is 1. The standard InChI is InChI=1S/C11H11ClN4O/c12-9-6-14-8(5-15-9)10(17)16-11(7-13)3-1-2-4-11/h5-6H,1-4H2,(H,16,17). The van der Waals surface area contributed by atoms with Crippen molar-refractivity contribution in [1.82, 2.24) is 15.3 Å². The fraction of sp³-hybridized carbons (Fsp3) is 0.455. The van der Waals surface area contributed by atoms with Gasteiger partial charge in [0.1, 0.15) is 16.4 Å². The molecule has 1 aliphatic rings. The topological polar surface area (TPSA) is 78.7 Å². The third kappa shape index (κ3) is 2.53. The van der Waals surface area contributed by atoms with Gasteiger partial charge < -0.3 is 5.32 Å². The highest BCUT2D eigenvalue weighted by Gasteiger charge is 2.35. The number of halogens is 1. The molecular formula is C11H11ClN4O. The van der Waals surface area contributed by atoms with Gasteiger partial charge in [0, 0.05) is 0 Å². The second kappa shape index (κ2) is 4.68. The highest BCUT2D eigenvalue weighted by molar-refractivity contribution is 6.29. The minimum absolute atomic E-state index is 0.177. The molecule has 0 unspecified atom stereocenters. The molecule has 5 nitrogen and oxygen atoms in total. The van der Waals surface area contributed by atoms with Crippen LogP contribution in [0.1, 0.15) is 36.2 Å². The van der Waals surface area contributed by atoms with Crippen molar-refractivity contribution in [2.45, 2.75) is 31.2 Å². The Labute approximate surface area is 104 Å². The summed E-state index contributed by atoms with van der Waals surface area (Å²) in [4.78, 5) is 19.5. The molecule has 0 atom stereocenters. The quantitative estimate of drug-likeness (QED) is 0.866. The van der Waals surface area contributed by atoms with Crippen molar-refractivity contribution in [3.8, 4) is 6.07 Å². The molecule has 0 radical (unpaired) electrons. The Bertz CT molecular complexity index is 459. The molecule has 1 amide bonds. The van der Waals surface area contributed by atoms with E-state index in [-0.39, 0.29) is 16.8 Å². The lowest BCUT2D eigenvalue weighted by molar-refractivity contribution is 0.0915. The van der Waals surface area contributed by atoms with E-state index < -0.39 is 5.54 Å². The minimum atomic E-state index is -0.738. The summed E-state index contributed by atoms with van der Waals surface area (Å²) in [6.45, 7) is 0. The Morgan fingerprint density at radius 2 is 2.12 bits per heavy atom. The predicted molar refractivity (Wildman–Crippen MR) is 61.3 cm³/mol. The number of carbonyl (C=O) groups is 1. The van der Waals surface area contributed by atoms with Gasteiger partial charge in [-0.2, -0.15) is 5.26 Å². The van der Waals surface area contributed by atoms with E-state index in [9.17, 15) is 4.79 Å². The first-order chi connectivity index (χ1) is 8.15. The van der Waals surface area contributed by atoms with E-state index in [0.29, 0.717) is 12.8 Å². The fourth-order valence-electron chi connectivity index (χ4n) is 1.95. The van der Waals surface area contributed by atoms with Gasteiger partial charge in [-0.15, -0.1) is 0 Å². The molecule has 0 aliphatic heterocycles. The summed E-state index contributed by atoms with van der Waals surface area (Å²) in [5.74, 6) is -0.377. The maximum Gasteiger partial charge on any atom is 0.272 e. The SMILES string of the molecule is N#CC1(NC(=O)c2cnc(Cl)cn2)CCCC1. The van der Waals surface area contributed by atoms with Crippen LogP contribution in [0.4, 0.5) is 0 Å². The first-order valence-corrected chi connectivity index (χ1v) is 5.74. The Kier molecular flexibility index (Phi) is 3.25. The second-order valence-corrected chi connectivity index (χ2v) is 4.47. The summed E-state index contributed by atoms with van der Waals surface area (Å²) >= 11 is 5.58. The van der Waals surface area contributed by atoms with Gasteiger partial charge in [-0.05, 0) is 25.7 Å². The van der Waals surface area contributed by atoms with Gasteiger partial charge in [0.05, 0.1) is 18.5 Å². The zero-order valence-corrected chi connectivity index (χ0v) is 9.87. The van der Waals surface area contributed by atoms with E-state index >= 15 is 0 Å². The number of nitriles is 1. The lowest BCUT2D eigenvalue weighted by Gasteiger charge is -2.21. The van der Waals surface area contributed by atoms with Crippen LogP contribution in [0, 0.1) is 11.3 Å². The number of rotatable bonds is 2. The summed E-state index contributed by atoms with van der Waals surface area (Å²) in [6, 6.07) is 2.18. The van der Waals surface area contributed by atoms with Gasteiger partial charge in [-0.3, -0.25) is 4.79 Å². The van der Waals surface area contributed by atoms with Gasteiger partial charge in [-0.1, -0.05) is 11.6 Å². The molecule has 0 aromatic carbocycles. The van der Waals surface area contributed by atoms with Crippen LogP contribution in [0.15, 0.2) is 12.4 Å². The van der Waals surface area contributed by atoms with Crippen LogP contribution in [0.5, 0.6) is 0 Å². The molecule has 0 bridgehead atoms. The van der Waals surface area contributed by atoms with Crippen LogP contribution < -0.4 is 5.32 Å². The van der Waals surface area contributed by atoms with Gasteiger partial charge in [0.2, 0.25) is 0 Å². The van der Waals surface area contributed by atoms with Crippen LogP contribution in [0.3, 0.4) is 0 Å². The molecule has 88 valence electrons. The van der Waals surface area contributed by atoms with E-state index in [0.717, 1.165) is 12.8 Å². The van der Waals surface area contributed by atoms with E-state index in [1.807, 2.05) is 0 Å². The van der Waals surface area contributed by atoms with Crippen molar-refractivity contribution in [2.24, 2.45) is 0 Å². The van der Waals surface area contributed by atoms with Crippen LogP contribution in [0.2, 0.25) is 5.15 Å². The summed E-state index contributed by atoms with van der Waals surface area (Å²) in [5.41, 5.74) is -0.561. The number of aromatic nitrogens is 2. The molecule has 6 heteroatoms. The van der Waals surface area contributed by atoms with Crippen LogP contribution in [0.25, 0.3) is 0 Å². The minimum Gasteiger partial charge on any atom is -0.332 e. The molecule has 1 aromatic heterocycles. The third-order valence-electron chi connectivity index (χ3n) is 2.88. The molecule has 1 aliphatic carbocycles. The zero-order valence-electron chi connectivity index (χ0n) is 9.11. The lowest BCUT2D eigenvalue weighted by Crippen LogP contribution is -2.45. The molecule has 1 N–H and O–H groups in total. The third-order valence-corrected chi connectivity index (χ3v) is 3.07. The molecule has 0 spiro atoms. The maximum absolute atomic E-state index is 11.9. The van der Waals surface area contributed by atoms with Crippen LogP contribution in [-0.2, 0) is 0 Å². The van der Waals surface area contributed by atoms with E-state index in [1.54, 1.807) is 0 Å². The monoisotopic (exact) mass is 250 g/mol. The summed E-state index contributed by atoms with van der Waals surface area (Å²) in [5, 5.41) is 12.1. The highest BCUT2D eigenvalue weighted by Crippen LogP contribution is 2.29. The Hall–Kier alpha value is -1.67. The maximum atomic E-state index is 11.9. The largest absolute Gasteiger partial charge is 0.332 e. The Morgan fingerprint density at radius 1 is 1.41 bits per heavy atom. The summed E-state index contributed by atoms with van der Waals surface area (Å²) < 4.78 is 0. The first kappa shape index (κ1) is 11.8. The van der Waals surface area contributed by atoms with Crippen LogP contribution in [-0.4, -0.2) is 21.4 Å². The molecule has 17 heavy (non-hydrogen) atoms. The van der Waals surface area contributed by atoms with Crippen molar-refractivity contribution < 1.29 is 4.79 Å². The summed E-state index contributed by atoms with van der Waals surface area (Å²) in [6.07, 6.45) is 5.91. The van der Waals surface area contributed by atoms with Gasteiger partial charge >= 0.3 is 0 Å². The molecule has 2 rings (SSSR count). The second-order valence-electron chi connectivity index (χ2n) is 4.08. The van der Waals surface area contributed by atoms with Crippen LogP contribution >= 0.6 is 11.6 Å². The molecule has 1 aromatic rings. The first-order valence-electron chi connectivity index (χ1n) is 5.36. The number of carbonyl (C=O) groups excluding carboxylic acids is 1. The molecule has 1 heterocycles. The van der Waals surface area contributed by atoms with Crippen molar-refractivity contribution in [2.75, 3.05) is 0 Å². The fourth-order valence-corrected chi connectivity index (χ4v) is 2.05. The molecule has 1 fully saturated rings. The zero-order chi connectivity index (χ0) is 12.3. The van der Waals surface area contributed by atoms with E-state index in [4.69, 9.17) is 16.9 Å². The number of nitrogens with zero attached hydrogens (tertiary/aromatic N) is 3. The van der Waals surface area contributed by atoms with Crippen molar-refractivity contribution in [1.29, 1.82) is 5.26 Å². The van der Waals surface area contributed by atoms with Crippen molar-refractivity contribution in [3.05, 3.63) is 23.2 Å². The molecule has 1 saturated carbocycles. The van der Waals surface area contributed by atoms with Gasteiger partial charge in [0.15, 0.2) is 0 Å². The van der Waals surface area contributed by atoms with Gasteiger partial charge in [0.25, 0.3) is 5.91 Å². The Balaban J connectivity index is 2.11. The predicted octanol–water partition coefficient (Wildman–Crippen LogP) is 1.70. The molecule has 0 saturated heterocycles. The van der Waals surface area contributed by atoms with Crippen molar-refractivity contribution >= 4 is 17.5 Å². The lowest BCUT2D eigenvalue weighted by atomic mass is 10.00. The number of amides is 1. The smallest absolute Gasteiger partial charge is 0.272 e. The van der Waals surface area contributed by atoms with E-state index in [2.05, 4.69) is 21.4 Å². The number of hydrogen-bond acceptors (Lipinski definition) is 4. The number of nitrogens with one attached hydrogen (secondary N) is 1. The molecular weight excluding hydrogens is 240 g/mol. The Morgan fingerprint density at radius 3 is 2.65 bits per heavy atom. The average Bonchev–Trinajstić information content (AvgIpc) is 2.79. The average molecular weight is 251 g/mol. The van der Waals surface area contributed by atoms with Crippen molar-refractivity contribution in [3.63, 3.8) is 0 Å². The van der Waals surface area contributed by atoms with E-state index in [1.165, 1.54) is 12.4 Å². The highest BCUT2D eigenvalue weighted by atomic mass is 35.5. The summed E-state index contributed by atoms with van der Waals surface area (Å²) in [7, 11) is 0. The van der Waals surface area contributed by atoms with Gasteiger partial charge in [-0.25, -0.2) is 9.97 Å².